The number of halogens is 1. The number of guanidine groups is 1. The summed E-state index contributed by atoms with van der Waals surface area (Å²) in [5, 5.41) is 3.06. The molecular weight excluding hydrogens is 291 g/mol. The first kappa shape index (κ1) is 17.0. The third-order valence-electron chi connectivity index (χ3n) is 3.62. The minimum absolute atomic E-state index is 0.0379. The van der Waals surface area contributed by atoms with Crippen LogP contribution in [-0.2, 0) is 0 Å². The van der Waals surface area contributed by atoms with Gasteiger partial charge in [-0.2, -0.15) is 0 Å². The van der Waals surface area contributed by atoms with E-state index in [-0.39, 0.29) is 11.9 Å². The van der Waals surface area contributed by atoms with Gasteiger partial charge in [0, 0.05) is 5.69 Å². The minimum Gasteiger partial charge on any atom is -0.370 e. The zero-order chi connectivity index (χ0) is 16.8. The van der Waals surface area contributed by atoms with Gasteiger partial charge in [0.05, 0.1) is 12.6 Å². The van der Waals surface area contributed by atoms with Crippen LogP contribution in [0.3, 0.4) is 0 Å². The minimum atomic E-state index is -0.246. The molecule has 3 N–H and O–H groups in total. The van der Waals surface area contributed by atoms with E-state index in [1.165, 1.54) is 17.7 Å². The number of anilines is 1. The molecule has 0 radical (unpaired) electrons. The first-order valence-electron chi connectivity index (χ1n) is 7.51. The van der Waals surface area contributed by atoms with Crippen molar-refractivity contribution in [3.63, 3.8) is 0 Å². The van der Waals surface area contributed by atoms with Crippen LogP contribution < -0.4 is 11.1 Å². The number of nitrogens with zero attached hydrogens (tertiary/aromatic N) is 2. The topological polar surface area (TPSA) is 53.6 Å². The van der Waals surface area contributed by atoms with E-state index in [1.54, 1.807) is 6.07 Å². The molecule has 0 heterocycles. The zero-order valence-corrected chi connectivity index (χ0v) is 13.8. The number of aryl methyl sites for hydroxylation is 1. The van der Waals surface area contributed by atoms with Gasteiger partial charge in [0.25, 0.3) is 0 Å². The molecule has 2 aromatic rings. The Kier molecular flexibility index (Phi) is 5.71. The van der Waals surface area contributed by atoms with Gasteiger partial charge in [-0.25, -0.2) is 4.39 Å². The Bertz CT molecular complexity index is 665. The predicted octanol–water partition coefficient (Wildman–Crippen LogP) is 3.16. The van der Waals surface area contributed by atoms with Crippen molar-refractivity contribution >= 4 is 11.6 Å². The lowest BCUT2D eigenvalue weighted by Crippen LogP contribution is -2.27. The lowest BCUT2D eigenvalue weighted by atomic mass is 10.1. The Labute approximate surface area is 136 Å². The Balaban J connectivity index is 2.06. The fourth-order valence-electron chi connectivity index (χ4n) is 2.29. The van der Waals surface area contributed by atoms with E-state index in [2.05, 4.69) is 10.3 Å². The molecule has 4 nitrogen and oxygen atoms in total. The summed E-state index contributed by atoms with van der Waals surface area (Å²) in [4.78, 5) is 6.39. The van der Waals surface area contributed by atoms with E-state index in [1.807, 2.05) is 56.3 Å². The molecule has 1 atom stereocenters. The highest BCUT2D eigenvalue weighted by atomic mass is 19.1. The van der Waals surface area contributed by atoms with Crippen LogP contribution in [0.15, 0.2) is 53.5 Å². The average molecular weight is 314 g/mol. The second kappa shape index (κ2) is 7.74. The Hall–Kier alpha value is -2.40. The van der Waals surface area contributed by atoms with Crippen molar-refractivity contribution in [1.82, 2.24) is 4.90 Å². The fraction of sp³-hybridized carbons (Fsp3) is 0.278. The molecule has 2 aromatic carbocycles. The summed E-state index contributed by atoms with van der Waals surface area (Å²) in [6, 6.07) is 14.4. The third-order valence-corrected chi connectivity index (χ3v) is 3.62. The van der Waals surface area contributed by atoms with Gasteiger partial charge in [0.1, 0.15) is 5.82 Å². The molecule has 0 aliphatic heterocycles. The smallest absolute Gasteiger partial charge is 0.193 e. The average Bonchev–Trinajstić information content (AvgIpc) is 2.49. The lowest BCUT2D eigenvalue weighted by Gasteiger charge is -2.23. The van der Waals surface area contributed by atoms with Crippen LogP contribution in [0, 0.1) is 12.7 Å². The van der Waals surface area contributed by atoms with Crippen LogP contribution in [0.4, 0.5) is 10.1 Å². The summed E-state index contributed by atoms with van der Waals surface area (Å²) < 4.78 is 13.4. The molecular formula is C18H23FN4. The maximum absolute atomic E-state index is 13.4. The van der Waals surface area contributed by atoms with E-state index in [9.17, 15) is 4.39 Å². The van der Waals surface area contributed by atoms with Crippen molar-refractivity contribution in [1.29, 1.82) is 0 Å². The van der Waals surface area contributed by atoms with Crippen molar-refractivity contribution in [2.45, 2.75) is 13.0 Å². The van der Waals surface area contributed by atoms with Gasteiger partial charge < -0.3 is 16.0 Å². The largest absolute Gasteiger partial charge is 0.370 e. The van der Waals surface area contributed by atoms with Gasteiger partial charge in [-0.05, 0) is 50.8 Å². The number of likely N-dealkylation sites (N-methyl/N-ethyl adjacent to an activating group) is 1. The van der Waals surface area contributed by atoms with Crippen LogP contribution in [0.2, 0.25) is 0 Å². The quantitative estimate of drug-likeness (QED) is 0.658. The SMILES string of the molecule is Cc1ccc(NC(N)=NCC(c2cccc(F)c2)N(C)C)cc1. The van der Waals surface area contributed by atoms with E-state index >= 15 is 0 Å². The van der Waals surface area contributed by atoms with Crippen LogP contribution in [-0.4, -0.2) is 31.5 Å². The van der Waals surface area contributed by atoms with Gasteiger partial charge >= 0.3 is 0 Å². The predicted molar refractivity (Wildman–Crippen MR) is 94.1 cm³/mol. The number of nitrogens with one attached hydrogen (secondary N) is 1. The van der Waals surface area contributed by atoms with Gasteiger partial charge in [0.2, 0.25) is 0 Å². The first-order chi connectivity index (χ1) is 11.0. The molecule has 0 spiro atoms. The molecule has 0 saturated carbocycles. The van der Waals surface area contributed by atoms with E-state index in [4.69, 9.17) is 5.73 Å². The van der Waals surface area contributed by atoms with Crippen molar-refractivity contribution in [2.75, 3.05) is 26.0 Å². The summed E-state index contributed by atoms with van der Waals surface area (Å²) in [6.07, 6.45) is 0. The van der Waals surface area contributed by atoms with Crippen molar-refractivity contribution in [3.8, 4) is 0 Å². The van der Waals surface area contributed by atoms with Crippen molar-refractivity contribution < 1.29 is 4.39 Å². The number of rotatable bonds is 5. The summed E-state index contributed by atoms with van der Waals surface area (Å²) in [6.45, 7) is 2.48. The maximum Gasteiger partial charge on any atom is 0.193 e. The maximum atomic E-state index is 13.4. The second-order valence-electron chi connectivity index (χ2n) is 5.75. The van der Waals surface area contributed by atoms with E-state index in [0.717, 1.165) is 11.3 Å². The second-order valence-corrected chi connectivity index (χ2v) is 5.75. The molecule has 0 fully saturated rings. The number of benzene rings is 2. The van der Waals surface area contributed by atoms with Crippen LogP contribution in [0.25, 0.3) is 0 Å². The number of nitrogens with two attached hydrogens (primary N) is 1. The van der Waals surface area contributed by atoms with E-state index < -0.39 is 0 Å². The molecule has 23 heavy (non-hydrogen) atoms. The standard InChI is InChI=1S/C18H23FN4/c1-13-7-9-16(10-8-13)22-18(20)21-12-17(23(2)3)14-5-4-6-15(19)11-14/h4-11,17H,12H2,1-3H3,(H3,20,21,22). The third kappa shape index (κ3) is 5.07. The van der Waals surface area contributed by atoms with Gasteiger partial charge in [0.15, 0.2) is 5.96 Å². The molecule has 2 rings (SSSR count). The molecule has 122 valence electrons. The number of hydrogen-bond donors (Lipinski definition) is 2. The highest BCUT2D eigenvalue weighted by Gasteiger charge is 2.14. The number of aliphatic imine (C=N–C) groups is 1. The molecule has 0 aliphatic carbocycles. The summed E-state index contributed by atoms with van der Waals surface area (Å²) in [5.74, 6) is 0.0983. The van der Waals surface area contributed by atoms with Crippen LogP contribution in [0.5, 0.6) is 0 Å². The molecule has 0 saturated heterocycles. The Morgan fingerprint density at radius 2 is 1.91 bits per heavy atom. The molecule has 1 unspecified atom stereocenters. The lowest BCUT2D eigenvalue weighted by molar-refractivity contribution is 0.306. The molecule has 0 aromatic heterocycles. The van der Waals surface area contributed by atoms with Gasteiger partial charge in [-0.1, -0.05) is 29.8 Å². The van der Waals surface area contributed by atoms with Crippen molar-refractivity contribution in [2.24, 2.45) is 10.7 Å². The monoisotopic (exact) mass is 314 g/mol. The molecule has 5 heteroatoms. The van der Waals surface area contributed by atoms with Gasteiger partial charge in [-0.3, -0.25) is 4.99 Å². The summed E-state index contributed by atoms with van der Waals surface area (Å²) >= 11 is 0. The van der Waals surface area contributed by atoms with E-state index in [0.29, 0.717) is 12.5 Å². The summed E-state index contributed by atoms with van der Waals surface area (Å²) in [7, 11) is 3.88. The Morgan fingerprint density at radius 3 is 2.52 bits per heavy atom. The first-order valence-corrected chi connectivity index (χ1v) is 7.51. The summed E-state index contributed by atoms with van der Waals surface area (Å²) in [5.41, 5.74) is 8.90. The molecule has 0 amide bonds. The highest BCUT2D eigenvalue weighted by molar-refractivity contribution is 5.92. The van der Waals surface area contributed by atoms with Crippen LogP contribution >= 0.6 is 0 Å². The zero-order valence-electron chi connectivity index (χ0n) is 13.8. The van der Waals surface area contributed by atoms with Crippen molar-refractivity contribution in [3.05, 3.63) is 65.5 Å². The molecule has 0 aliphatic rings. The number of hydrogen-bond acceptors (Lipinski definition) is 2. The van der Waals surface area contributed by atoms with Gasteiger partial charge in [-0.15, -0.1) is 0 Å². The molecule has 0 bridgehead atoms. The normalized spacial score (nSPS) is 13.2. The van der Waals surface area contributed by atoms with Crippen LogP contribution in [0.1, 0.15) is 17.2 Å². The fourth-order valence-corrected chi connectivity index (χ4v) is 2.29. The highest BCUT2D eigenvalue weighted by Crippen LogP contribution is 2.19. The Morgan fingerprint density at radius 1 is 1.22 bits per heavy atom.